The van der Waals surface area contributed by atoms with E-state index in [1.807, 2.05) is 36.5 Å². The third-order valence-corrected chi connectivity index (χ3v) is 3.47. The quantitative estimate of drug-likeness (QED) is 0.605. The summed E-state index contributed by atoms with van der Waals surface area (Å²) in [6, 6.07) is 16.1. The minimum atomic E-state index is 0.885. The van der Waals surface area contributed by atoms with E-state index in [4.69, 9.17) is 0 Å². The van der Waals surface area contributed by atoms with Crippen LogP contribution < -0.4 is 0 Å². The molecule has 0 aliphatic carbocycles. The SMILES string of the molecule is c1ccc(-c2[nH]ncc2-c2ccc3ncccc3c2)nc1. The summed E-state index contributed by atoms with van der Waals surface area (Å²) >= 11 is 0. The minimum absolute atomic E-state index is 0.885. The minimum Gasteiger partial charge on any atom is -0.276 e. The molecule has 0 bridgehead atoms. The van der Waals surface area contributed by atoms with Crippen molar-refractivity contribution in [3.8, 4) is 22.5 Å². The molecule has 0 unspecified atom stereocenters. The molecule has 0 saturated carbocycles. The molecule has 1 N–H and O–H groups in total. The zero-order valence-corrected chi connectivity index (χ0v) is 11.2. The van der Waals surface area contributed by atoms with Crippen LogP contribution in [0.3, 0.4) is 0 Å². The highest BCUT2D eigenvalue weighted by molar-refractivity contribution is 5.87. The number of pyridine rings is 2. The van der Waals surface area contributed by atoms with E-state index in [0.29, 0.717) is 0 Å². The van der Waals surface area contributed by atoms with Crippen LogP contribution in [-0.2, 0) is 0 Å². The van der Waals surface area contributed by atoms with Gasteiger partial charge in [0.1, 0.15) is 0 Å². The lowest BCUT2D eigenvalue weighted by atomic mass is 10.0. The number of rotatable bonds is 2. The monoisotopic (exact) mass is 272 g/mol. The molecule has 0 aliphatic rings. The standard InChI is InChI=1S/C17H12N4/c1-2-8-19-16(5-1)17-14(11-20-21-17)12-6-7-15-13(10-12)4-3-9-18-15/h1-11H,(H,20,21). The van der Waals surface area contributed by atoms with Crippen LogP contribution >= 0.6 is 0 Å². The van der Waals surface area contributed by atoms with Crippen molar-refractivity contribution in [2.45, 2.75) is 0 Å². The highest BCUT2D eigenvalue weighted by Crippen LogP contribution is 2.30. The molecule has 1 aromatic carbocycles. The van der Waals surface area contributed by atoms with E-state index in [9.17, 15) is 0 Å². The van der Waals surface area contributed by atoms with E-state index in [1.54, 1.807) is 12.4 Å². The fraction of sp³-hybridized carbons (Fsp3) is 0. The zero-order chi connectivity index (χ0) is 14.1. The highest BCUT2D eigenvalue weighted by Gasteiger charge is 2.11. The van der Waals surface area contributed by atoms with E-state index < -0.39 is 0 Å². The van der Waals surface area contributed by atoms with Crippen LogP contribution in [0.4, 0.5) is 0 Å². The molecule has 0 amide bonds. The molecule has 3 aromatic heterocycles. The maximum absolute atomic E-state index is 4.39. The van der Waals surface area contributed by atoms with E-state index in [2.05, 4.69) is 38.4 Å². The highest BCUT2D eigenvalue weighted by atomic mass is 15.1. The summed E-state index contributed by atoms with van der Waals surface area (Å²) in [6.07, 6.45) is 5.42. The third kappa shape index (κ3) is 2.07. The van der Waals surface area contributed by atoms with Crippen LogP contribution in [0, 0.1) is 0 Å². The van der Waals surface area contributed by atoms with Crippen molar-refractivity contribution in [2.75, 3.05) is 0 Å². The summed E-state index contributed by atoms with van der Waals surface area (Å²) in [4.78, 5) is 8.73. The molecule has 0 spiro atoms. The second-order valence-corrected chi connectivity index (χ2v) is 4.78. The Morgan fingerprint density at radius 1 is 0.857 bits per heavy atom. The Balaban J connectivity index is 1.88. The molecule has 3 heterocycles. The van der Waals surface area contributed by atoms with Gasteiger partial charge in [-0.1, -0.05) is 18.2 Å². The van der Waals surface area contributed by atoms with E-state index in [-0.39, 0.29) is 0 Å². The van der Waals surface area contributed by atoms with E-state index in [0.717, 1.165) is 33.4 Å². The van der Waals surface area contributed by atoms with Crippen LogP contribution in [0.1, 0.15) is 0 Å². The first-order valence-corrected chi connectivity index (χ1v) is 6.72. The lowest BCUT2D eigenvalue weighted by Crippen LogP contribution is -1.86. The second-order valence-electron chi connectivity index (χ2n) is 4.78. The number of hydrogen-bond donors (Lipinski definition) is 1. The Labute approximate surface area is 121 Å². The summed E-state index contributed by atoms with van der Waals surface area (Å²) in [6.45, 7) is 0. The second kappa shape index (κ2) is 4.83. The number of fused-ring (bicyclic) bond motifs is 1. The lowest BCUT2D eigenvalue weighted by molar-refractivity contribution is 1.09. The number of nitrogens with zero attached hydrogens (tertiary/aromatic N) is 3. The molecule has 4 nitrogen and oxygen atoms in total. The van der Waals surface area contributed by atoms with Gasteiger partial charge in [-0.15, -0.1) is 0 Å². The Hall–Kier alpha value is -3.01. The summed E-state index contributed by atoms with van der Waals surface area (Å²) in [5.74, 6) is 0. The van der Waals surface area contributed by atoms with Gasteiger partial charge in [-0.05, 0) is 35.9 Å². The summed E-state index contributed by atoms with van der Waals surface area (Å²) in [5.41, 5.74) is 4.95. The molecule has 0 fully saturated rings. The van der Waals surface area contributed by atoms with Gasteiger partial charge in [-0.25, -0.2) is 0 Å². The van der Waals surface area contributed by atoms with Gasteiger partial charge < -0.3 is 0 Å². The van der Waals surface area contributed by atoms with E-state index in [1.165, 1.54) is 0 Å². The topological polar surface area (TPSA) is 54.5 Å². The average molecular weight is 272 g/mol. The lowest BCUT2D eigenvalue weighted by Gasteiger charge is -2.04. The number of H-pyrrole nitrogens is 1. The molecule has 0 saturated heterocycles. The molecule has 0 atom stereocenters. The first kappa shape index (κ1) is 11.8. The van der Waals surface area contributed by atoms with Crippen molar-refractivity contribution < 1.29 is 0 Å². The normalized spacial score (nSPS) is 10.9. The van der Waals surface area contributed by atoms with Gasteiger partial charge in [-0.3, -0.25) is 15.1 Å². The Morgan fingerprint density at radius 2 is 1.81 bits per heavy atom. The molecule has 4 aromatic rings. The third-order valence-electron chi connectivity index (χ3n) is 3.47. The van der Waals surface area contributed by atoms with Crippen molar-refractivity contribution >= 4 is 10.9 Å². The van der Waals surface area contributed by atoms with Gasteiger partial charge in [0.05, 0.1) is 23.1 Å². The molecule has 4 heteroatoms. The van der Waals surface area contributed by atoms with Gasteiger partial charge in [-0.2, -0.15) is 5.10 Å². The number of nitrogens with one attached hydrogen (secondary N) is 1. The van der Waals surface area contributed by atoms with Gasteiger partial charge in [0, 0.05) is 23.3 Å². The molecule has 21 heavy (non-hydrogen) atoms. The maximum Gasteiger partial charge on any atom is 0.0912 e. The zero-order valence-electron chi connectivity index (χ0n) is 11.2. The van der Waals surface area contributed by atoms with Crippen LogP contribution in [0.2, 0.25) is 0 Å². The Bertz CT molecular complexity index is 897. The number of aromatic nitrogens is 4. The number of hydrogen-bond acceptors (Lipinski definition) is 3. The molecule has 100 valence electrons. The molecular weight excluding hydrogens is 260 g/mol. The number of benzene rings is 1. The van der Waals surface area contributed by atoms with Crippen molar-refractivity contribution in [2.24, 2.45) is 0 Å². The fourth-order valence-corrected chi connectivity index (χ4v) is 2.45. The number of aromatic amines is 1. The first-order chi connectivity index (χ1) is 10.4. The van der Waals surface area contributed by atoms with Gasteiger partial charge in [0.2, 0.25) is 0 Å². The van der Waals surface area contributed by atoms with Crippen molar-refractivity contribution in [1.82, 2.24) is 20.2 Å². The van der Waals surface area contributed by atoms with Crippen molar-refractivity contribution in [1.29, 1.82) is 0 Å². The summed E-state index contributed by atoms with van der Waals surface area (Å²) in [5, 5.41) is 8.33. The molecule has 0 radical (unpaired) electrons. The predicted octanol–water partition coefficient (Wildman–Crippen LogP) is 3.69. The summed E-state index contributed by atoms with van der Waals surface area (Å²) in [7, 11) is 0. The average Bonchev–Trinajstić information content (AvgIpc) is 3.05. The predicted molar refractivity (Wildman–Crippen MR) is 82.6 cm³/mol. The van der Waals surface area contributed by atoms with Crippen molar-refractivity contribution in [3.05, 3.63) is 67.1 Å². The summed E-state index contributed by atoms with van der Waals surface area (Å²) < 4.78 is 0. The van der Waals surface area contributed by atoms with Gasteiger partial charge in [0.15, 0.2) is 0 Å². The first-order valence-electron chi connectivity index (χ1n) is 6.72. The molecular formula is C17H12N4. The van der Waals surface area contributed by atoms with E-state index >= 15 is 0 Å². The van der Waals surface area contributed by atoms with Crippen LogP contribution in [0.5, 0.6) is 0 Å². The smallest absolute Gasteiger partial charge is 0.0912 e. The largest absolute Gasteiger partial charge is 0.276 e. The van der Waals surface area contributed by atoms with Gasteiger partial charge in [0.25, 0.3) is 0 Å². The van der Waals surface area contributed by atoms with Crippen LogP contribution in [-0.4, -0.2) is 20.2 Å². The molecule has 0 aliphatic heterocycles. The van der Waals surface area contributed by atoms with Crippen molar-refractivity contribution in [3.63, 3.8) is 0 Å². The van der Waals surface area contributed by atoms with Crippen LogP contribution in [0.15, 0.2) is 67.1 Å². The fourth-order valence-electron chi connectivity index (χ4n) is 2.45. The molecule has 4 rings (SSSR count). The van der Waals surface area contributed by atoms with Gasteiger partial charge >= 0.3 is 0 Å². The maximum atomic E-state index is 4.39. The Morgan fingerprint density at radius 3 is 2.71 bits per heavy atom. The van der Waals surface area contributed by atoms with Crippen LogP contribution in [0.25, 0.3) is 33.4 Å². The Kier molecular flexibility index (Phi) is 2.71.